The fourth-order valence-electron chi connectivity index (χ4n) is 2.64. The average Bonchev–Trinajstić information content (AvgIpc) is 2.49. The number of amides is 1. The summed E-state index contributed by atoms with van der Waals surface area (Å²) in [5, 5.41) is 10.3. The number of ether oxygens (including phenoxy) is 2. The van der Waals surface area contributed by atoms with E-state index in [0.29, 0.717) is 0 Å². The highest BCUT2D eigenvalue weighted by Crippen LogP contribution is 2.26. The summed E-state index contributed by atoms with van der Waals surface area (Å²) in [4.78, 5) is 16.8. The highest BCUT2D eigenvalue weighted by Gasteiger charge is 2.35. The summed E-state index contributed by atoms with van der Waals surface area (Å²) in [6.07, 6.45) is 0.0143. The molecular weight excluding hydrogens is 439 g/mol. The molecule has 12 heteroatoms. The number of likely N-dealkylation sites (tertiary alicyclic amines) is 1. The lowest BCUT2D eigenvalue weighted by molar-refractivity contribution is -0.0229. The molecule has 9 nitrogen and oxygen atoms in total. The van der Waals surface area contributed by atoms with E-state index < -0.39 is 37.6 Å². The lowest BCUT2D eigenvalue weighted by atomic mass is 10.1. The fraction of sp³-hybridized carbons (Fsp3) is 0.500. The number of carbonyl (C=O) groups is 1. The van der Waals surface area contributed by atoms with Crippen molar-refractivity contribution in [1.82, 2.24) is 9.88 Å². The maximum atomic E-state index is 14.1. The number of hydrogen-bond donors (Lipinski definition) is 2. The number of allylic oxidation sites excluding steroid dienone is 2. The molecule has 0 aliphatic carbocycles. The molecule has 0 atom stereocenters. The van der Waals surface area contributed by atoms with Crippen molar-refractivity contribution in [2.24, 2.45) is 0 Å². The summed E-state index contributed by atoms with van der Waals surface area (Å²) in [5.74, 6) is -0.728. The van der Waals surface area contributed by atoms with Crippen LogP contribution in [0, 0.1) is 11.2 Å². The van der Waals surface area contributed by atoms with Gasteiger partial charge < -0.3 is 25.1 Å². The van der Waals surface area contributed by atoms with Gasteiger partial charge in [0.2, 0.25) is 0 Å². The molecular formula is C18H24ClFN4O5S. The normalized spacial score (nSPS) is 15.8. The van der Waals surface area contributed by atoms with Crippen LogP contribution in [0.15, 0.2) is 22.9 Å². The highest BCUT2D eigenvalue weighted by atomic mass is 35.7. The van der Waals surface area contributed by atoms with Gasteiger partial charge in [-0.25, -0.2) is 22.6 Å². The van der Waals surface area contributed by atoms with E-state index in [0.717, 1.165) is 6.20 Å². The number of halogens is 2. The van der Waals surface area contributed by atoms with Crippen molar-refractivity contribution < 1.29 is 27.1 Å². The van der Waals surface area contributed by atoms with Crippen molar-refractivity contribution in [3.05, 3.63) is 28.7 Å². The van der Waals surface area contributed by atoms with E-state index >= 15 is 0 Å². The Kier molecular flexibility index (Phi) is 6.97. The van der Waals surface area contributed by atoms with Crippen LogP contribution in [-0.4, -0.2) is 54.9 Å². The van der Waals surface area contributed by atoms with E-state index in [1.165, 1.54) is 24.8 Å². The minimum Gasteiger partial charge on any atom is -0.483 e. The van der Waals surface area contributed by atoms with Gasteiger partial charge in [0.1, 0.15) is 22.4 Å². The molecule has 2 heterocycles. The number of rotatable bonds is 6. The number of nitrogens with one attached hydrogen (secondary N) is 2. The minimum atomic E-state index is -4.16. The van der Waals surface area contributed by atoms with E-state index in [9.17, 15) is 17.6 Å². The van der Waals surface area contributed by atoms with Gasteiger partial charge in [-0.3, -0.25) is 0 Å². The molecule has 1 saturated heterocycles. The summed E-state index contributed by atoms with van der Waals surface area (Å²) in [6, 6.07) is 1.26. The molecule has 1 amide bonds. The van der Waals surface area contributed by atoms with Crippen molar-refractivity contribution in [2.75, 3.05) is 18.4 Å². The quantitative estimate of drug-likeness (QED) is 0.490. The number of carbonyl (C=O) groups excluding carboxylic acids is 1. The Labute approximate surface area is 179 Å². The zero-order chi connectivity index (χ0) is 22.9. The Hall–Kier alpha value is -2.40. The molecule has 0 radical (unpaired) electrons. The first-order chi connectivity index (χ1) is 13.7. The van der Waals surface area contributed by atoms with Crippen molar-refractivity contribution in [2.45, 2.75) is 46.3 Å². The molecule has 1 aliphatic heterocycles. The van der Waals surface area contributed by atoms with Crippen LogP contribution in [0.4, 0.5) is 15.0 Å². The van der Waals surface area contributed by atoms with Crippen LogP contribution >= 0.6 is 10.7 Å². The Balaban J connectivity index is 2.08. The maximum Gasteiger partial charge on any atom is 0.410 e. The van der Waals surface area contributed by atoms with Gasteiger partial charge in [-0.15, -0.1) is 0 Å². The van der Waals surface area contributed by atoms with Gasteiger partial charge in [0.25, 0.3) is 9.05 Å². The van der Waals surface area contributed by atoms with Crippen molar-refractivity contribution >= 4 is 37.4 Å². The fourth-order valence-corrected chi connectivity index (χ4v) is 4.12. The van der Waals surface area contributed by atoms with Gasteiger partial charge in [0.15, 0.2) is 11.6 Å². The van der Waals surface area contributed by atoms with Crippen molar-refractivity contribution in [3.8, 4) is 5.75 Å². The van der Waals surface area contributed by atoms with Gasteiger partial charge >= 0.3 is 6.09 Å². The molecule has 2 N–H and O–H groups in total. The first-order valence-electron chi connectivity index (χ1n) is 8.95. The predicted molar refractivity (Wildman–Crippen MR) is 111 cm³/mol. The van der Waals surface area contributed by atoms with Gasteiger partial charge in [-0.05, 0) is 34.6 Å². The SMILES string of the molecule is CC(=N)/C(=C(/C)Nc1cc(OC2CN(C(=O)OC(C)(C)C)C2)c(F)cn1)S(=O)(=O)Cl. The number of hydrogen-bond acceptors (Lipinski definition) is 8. The number of aromatic nitrogens is 1. The molecule has 166 valence electrons. The standard InChI is InChI=1S/C18H24ClFN4O5S/c1-10(21)16(30(19,26)27)11(2)23-15-6-14(13(20)7-22-15)28-12-8-24(9-12)17(25)29-18(3,4)5/h6-7,12,21H,8-9H2,1-5H3,(H,22,23)/b16-11+,21-10?. The van der Waals surface area contributed by atoms with Gasteiger partial charge in [0.05, 0.1) is 19.3 Å². The third-order valence-corrected chi connectivity index (χ3v) is 5.42. The zero-order valence-corrected chi connectivity index (χ0v) is 18.8. The summed E-state index contributed by atoms with van der Waals surface area (Å²) in [6.45, 7) is 8.44. The Morgan fingerprint density at radius 3 is 2.47 bits per heavy atom. The Morgan fingerprint density at radius 2 is 1.97 bits per heavy atom. The molecule has 1 aromatic rings. The average molecular weight is 463 g/mol. The number of nitrogens with zero attached hydrogens (tertiary/aromatic N) is 2. The van der Waals surface area contributed by atoms with E-state index in [4.69, 9.17) is 25.6 Å². The van der Waals surface area contributed by atoms with Gasteiger partial charge in [0, 0.05) is 28.2 Å². The highest BCUT2D eigenvalue weighted by molar-refractivity contribution is 8.17. The zero-order valence-electron chi connectivity index (χ0n) is 17.2. The molecule has 0 unspecified atom stereocenters. The van der Waals surface area contributed by atoms with E-state index in [1.807, 2.05) is 0 Å². The van der Waals surface area contributed by atoms with Crippen LogP contribution < -0.4 is 10.1 Å². The Bertz CT molecular complexity index is 985. The molecule has 30 heavy (non-hydrogen) atoms. The summed E-state index contributed by atoms with van der Waals surface area (Å²) < 4.78 is 48.3. The lowest BCUT2D eigenvalue weighted by Crippen LogP contribution is -2.57. The molecule has 0 aromatic carbocycles. The molecule has 0 bridgehead atoms. The first-order valence-corrected chi connectivity index (χ1v) is 11.3. The predicted octanol–water partition coefficient (Wildman–Crippen LogP) is 3.47. The maximum absolute atomic E-state index is 14.1. The topological polar surface area (TPSA) is 122 Å². The lowest BCUT2D eigenvalue weighted by Gasteiger charge is -2.39. The monoisotopic (exact) mass is 462 g/mol. The number of pyridine rings is 1. The van der Waals surface area contributed by atoms with Crippen LogP contribution in [0.3, 0.4) is 0 Å². The molecule has 1 aliphatic rings. The second kappa shape index (κ2) is 8.76. The van der Waals surface area contributed by atoms with Crippen LogP contribution in [0.5, 0.6) is 5.75 Å². The minimum absolute atomic E-state index is 0.0577. The molecule has 0 saturated carbocycles. The Morgan fingerprint density at radius 1 is 1.37 bits per heavy atom. The summed E-state index contributed by atoms with van der Waals surface area (Å²) >= 11 is 0. The molecule has 1 fully saturated rings. The third kappa shape index (κ3) is 6.30. The second-order valence-electron chi connectivity index (χ2n) is 7.77. The van der Waals surface area contributed by atoms with Crippen LogP contribution in [0.1, 0.15) is 34.6 Å². The number of anilines is 1. The van der Waals surface area contributed by atoms with E-state index in [-0.39, 0.29) is 36.1 Å². The van der Waals surface area contributed by atoms with Gasteiger partial charge in [-0.2, -0.15) is 0 Å². The molecule has 2 rings (SSSR count). The smallest absolute Gasteiger partial charge is 0.410 e. The van der Waals surface area contributed by atoms with Crippen molar-refractivity contribution in [3.63, 3.8) is 0 Å². The van der Waals surface area contributed by atoms with Gasteiger partial charge in [-0.1, -0.05) is 0 Å². The van der Waals surface area contributed by atoms with Crippen LogP contribution in [0.2, 0.25) is 0 Å². The van der Waals surface area contributed by atoms with Crippen molar-refractivity contribution in [1.29, 1.82) is 5.41 Å². The molecule has 1 aromatic heterocycles. The summed E-state index contributed by atoms with van der Waals surface area (Å²) in [5.41, 5.74) is -0.816. The largest absolute Gasteiger partial charge is 0.483 e. The van der Waals surface area contributed by atoms with Crippen LogP contribution in [-0.2, 0) is 13.8 Å². The van der Waals surface area contributed by atoms with E-state index in [2.05, 4.69) is 10.3 Å². The van der Waals surface area contributed by atoms with Crippen LogP contribution in [0.25, 0.3) is 0 Å². The second-order valence-corrected chi connectivity index (χ2v) is 10.3. The van der Waals surface area contributed by atoms with E-state index in [1.54, 1.807) is 20.8 Å². The molecule has 0 spiro atoms. The first kappa shape index (κ1) is 23.9. The summed E-state index contributed by atoms with van der Waals surface area (Å²) in [7, 11) is 1.21. The third-order valence-electron chi connectivity index (χ3n) is 3.85.